The van der Waals surface area contributed by atoms with E-state index in [0.29, 0.717) is 27.9 Å². The number of amides is 2. The van der Waals surface area contributed by atoms with Gasteiger partial charge >= 0.3 is 0 Å². The fourth-order valence-corrected chi connectivity index (χ4v) is 3.71. The Balaban J connectivity index is 1.92. The summed E-state index contributed by atoms with van der Waals surface area (Å²) in [6.07, 6.45) is 5.12. The van der Waals surface area contributed by atoms with Gasteiger partial charge in [-0.2, -0.15) is 0 Å². The third kappa shape index (κ3) is 4.22. The normalized spacial score (nSPS) is 17.1. The number of carbonyl (C=O) groups is 2. The van der Waals surface area contributed by atoms with Crippen molar-refractivity contribution < 1.29 is 9.59 Å². The number of anilines is 1. The number of nitrogens with zero attached hydrogens (tertiary/aromatic N) is 2. The Labute approximate surface area is 169 Å². The number of benzene rings is 1. The second kappa shape index (κ2) is 8.52. The molecule has 0 bridgehead atoms. The van der Waals surface area contributed by atoms with E-state index < -0.39 is 5.91 Å². The van der Waals surface area contributed by atoms with Crippen LogP contribution < -0.4 is 16.4 Å². The van der Waals surface area contributed by atoms with Crippen LogP contribution in [0, 0.1) is 6.92 Å². The number of likely N-dealkylation sites (tertiary alicyclic amines) is 1. The quantitative estimate of drug-likeness (QED) is 0.723. The lowest BCUT2D eigenvalue weighted by atomic mass is 10.0. The predicted molar refractivity (Wildman–Crippen MR) is 114 cm³/mol. The number of carbonyl (C=O) groups excluding carboxylic acids is 2. The summed E-state index contributed by atoms with van der Waals surface area (Å²) in [4.78, 5) is 31.1. The molecule has 2 heterocycles. The van der Waals surface area contributed by atoms with Crippen LogP contribution in [0.2, 0.25) is 0 Å². The van der Waals surface area contributed by atoms with Gasteiger partial charge in [-0.25, -0.2) is 4.99 Å². The maximum absolute atomic E-state index is 12.9. The summed E-state index contributed by atoms with van der Waals surface area (Å²) in [5.41, 5.74) is 8.33. The first-order chi connectivity index (χ1) is 13.4. The molecule has 0 unspecified atom stereocenters. The highest BCUT2D eigenvalue weighted by atomic mass is 32.2. The molecule has 1 saturated heterocycles. The van der Waals surface area contributed by atoms with Crippen molar-refractivity contribution in [3.05, 3.63) is 53.0 Å². The molecule has 0 aromatic heterocycles. The highest BCUT2D eigenvalue weighted by Gasteiger charge is 2.24. The average Bonchev–Trinajstić information content (AvgIpc) is 2.68. The lowest BCUT2D eigenvalue weighted by molar-refractivity contribution is -0.114. The van der Waals surface area contributed by atoms with Gasteiger partial charge in [0.05, 0.1) is 0 Å². The fraction of sp³-hybridized carbons (Fsp3) is 0.350. The first-order valence-corrected chi connectivity index (χ1v) is 10.4. The Kier molecular flexibility index (Phi) is 6.08. The lowest BCUT2D eigenvalue weighted by Crippen LogP contribution is -2.36. The van der Waals surface area contributed by atoms with Gasteiger partial charge in [0.25, 0.3) is 11.8 Å². The number of rotatable bonds is 4. The van der Waals surface area contributed by atoms with Gasteiger partial charge in [0.1, 0.15) is 11.4 Å². The third-order valence-corrected chi connectivity index (χ3v) is 5.40. The first-order valence-electron chi connectivity index (χ1n) is 9.20. The van der Waals surface area contributed by atoms with Crippen molar-refractivity contribution in [1.82, 2.24) is 10.2 Å². The van der Waals surface area contributed by atoms with Crippen molar-refractivity contribution in [3.63, 3.8) is 0 Å². The Morgan fingerprint density at radius 1 is 1.29 bits per heavy atom. The van der Waals surface area contributed by atoms with Crippen LogP contribution >= 0.6 is 11.8 Å². The monoisotopic (exact) mass is 399 g/mol. The molecule has 0 atom stereocenters. The van der Waals surface area contributed by atoms with Gasteiger partial charge < -0.3 is 21.3 Å². The molecule has 0 aliphatic carbocycles. The molecule has 148 valence electrons. The van der Waals surface area contributed by atoms with Gasteiger partial charge in [-0.1, -0.05) is 24.4 Å². The summed E-state index contributed by atoms with van der Waals surface area (Å²) in [7, 11) is 0. The van der Waals surface area contributed by atoms with Crippen molar-refractivity contribution in [3.8, 4) is 0 Å². The predicted octanol–water partition coefficient (Wildman–Crippen LogP) is 2.57. The number of hydrogen-bond donors (Lipinski definition) is 3. The molecule has 2 amide bonds. The SMILES string of the molecule is C=C1NC(SC)=NC(Nc2ccc(C)c(C(=O)N3CCCCC3)c2)=C1C(N)=O. The van der Waals surface area contributed by atoms with Gasteiger partial charge in [-0.3, -0.25) is 9.59 Å². The van der Waals surface area contributed by atoms with Gasteiger partial charge in [0, 0.05) is 30.0 Å². The molecule has 1 aromatic carbocycles. The number of hydrogen-bond acceptors (Lipinski definition) is 6. The van der Waals surface area contributed by atoms with Crippen molar-refractivity contribution in [1.29, 1.82) is 0 Å². The third-order valence-electron chi connectivity index (χ3n) is 4.82. The lowest BCUT2D eigenvalue weighted by Gasteiger charge is -2.27. The fourth-order valence-electron chi connectivity index (χ4n) is 3.31. The highest BCUT2D eigenvalue weighted by Crippen LogP contribution is 2.25. The van der Waals surface area contributed by atoms with Crippen LogP contribution in [-0.4, -0.2) is 41.2 Å². The average molecular weight is 400 g/mol. The number of aryl methyl sites for hydroxylation is 1. The number of aliphatic imine (C=N–C) groups is 1. The standard InChI is InChI=1S/C20H25N5O2S/c1-12-7-8-14(11-15(12)19(27)25-9-5-4-6-10-25)23-18-16(17(21)26)13(2)22-20(24-18)28-3/h7-8,11,23H,2,4-6,9-10H2,1,3H3,(H2,21,26)(H,22,24). The van der Waals surface area contributed by atoms with Crippen LogP contribution in [0.5, 0.6) is 0 Å². The van der Waals surface area contributed by atoms with Gasteiger partial charge in [0.15, 0.2) is 5.17 Å². The van der Waals surface area contributed by atoms with Crippen LogP contribution in [-0.2, 0) is 4.79 Å². The molecule has 7 nitrogen and oxygen atoms in total. The maximum Gasteiger partial charge on any atom is 0.254 e. The topological polar surface area (TPSA) is 99.8 Å². The Morgan fingerprint density at radius 2 is 2.00 bits per heavy atom. The van der Waals surface area contributed by atoms with E-state index in [9.17, 15) is 9.59 Å². The van der Waals surface area contributed by atoms with E-state index in [-0.39, 0.29) is 11.5 Å². The molecule has 28 heavy (non-hydrogen) atoms. The van der Waals surface area contributed by atoms with E-state index in [1.165, 1.54) is 18.2 Å². The van der Waals surface area contributed by atoms with E-state index >= 15 is 0 Å². The molecule has 0 radical (unpaired) electrons. The summed E-state index contributed by atoms with van der Waals surface area (Å²) in [6.45, 7) is 7.37. The van der Waals surface area contributed by atoms with E-state index in [2.05, 4.69) is 22.2 Å². The molecule has 1 aromatic rings. The molecule has 8 heteroatoms. The summed E-state index contributed by atoms with van der Waals surface area (Å²) in [5.74, 6) is -0.269. The summed E-state index contributed by atoms with van der Waals surface area (Å²) in [6, 6.07) is 5.54. The second-order valence-electron chi connectivity index (χ2n) is 6.82. The zero-order chi connectivity index (χ0) is 20.3. The Hall–Kier alpha value is -2.74. The molecule has 0 spiro atoms. The number of thioether (sulfide) groups is 1. The minimum absolute atomic E-state index is 0.0352. The number of amidine groups is 1. The smallest absolute Gasteiger partial charge is 0.254 e. The van der Waals surface area contributed by atoms with Crippen molar-refractivity contribution in [2.45, 2.75) is 26.2 Å². The number of piperidine rings is 1. The molecule has 2 aliphatic heterocycles. The summed E-state index contributed by atoms with van der Waals surface area (Å²) >= 11 is 1.40. The number of primary amides is 1. The number of nitrogens with two attached hydrogens (primary N) is 1. The van der Waals surface area contributed by atoms with Crippen LogP contribution in [0.1, 0.15) is 35.2 Å². The molecule has 0 saturated carbocycles. The zero-order valence-corrected chi connectivity index (χ0v) is 17.0. The second-order valence-corrected chi connectivity index (χ2v) is 7.61. The van der Waals surface area contributed by atoms with E-state index in [0.717, 1.165) is 31.5 Å². The molecular weight excluding hydrogens is 374 g/mol. The number of nitrogens with one attached hydrogen (secondary N) is 2. The van der Waals surface area contributed by atoms with Crippen molar-refractivity contribution in [2.24, 2.45) is 10.7 Å². The molecular formula is C20H25N5O2S. The van der Waals surface area contributed by atoms with E-state index in [4.69, 9.17) is 5.73 Å². The van der Waals surface area contributed by atoms with Crippen molar-refractivity contribution >= 4 is 34.4 Å². The van der Waals surface area contributed by atoms with Crippen LogP contribution in [0.25, 0.3) is 0 Å². The van der Waals surface area contributed by atoms with Crippen molar-refractivity contribution in [2.75, 3.05) is 24.7 Å². The van der Waals surface area contributed by atoms with Crippen LogP contribution in [0.15, 0.2) is 46.9 Å². The minimum atomic E-state index is -0.624. The molecule has 4 N–H and O–H groups in total. The Bertz CT molecular complexity index is 885. The largest absolute Gasteiger partial charge is 0.365 e. The van der Waals surface area contributed by atoms with Crippen LogP contribution in [0.4, 0.5) is 5.69 Å². The molecule has 3 rings (SSSR count). The van der Waals surface area contributed by atoms with E-state index in [1.807, 2.05) is 30.2 Å². The first kappa shape index (κ1) is 20.0. The summed E-state index contributed by atoms with van der Waals surface area (Å²) < 4.78 is 0. The van der Waals surface area contributed by atoms with Crippen LogP contribution in [0.3, 0.4) is 0 Å². The van der Waals surface area contributed by atoms with Gasteiger partial charge in [0.2, 0.25) is 0 Å². The minimum Gasteiger partial charge on any atom is -0.365 e. The Morgan fingerprint density at radius 3 is 2.64 bits per heavy atom. The van der Waals surface area contributed by atoms with Gasteiger partial charge in [-0.15, -0.1) is 0 Å². The molecule has 1 fully saturated rings. The maximum atomic E-state index is 12.9. The zero-order valence-electron chi connectivity index (χ0n) is 16.2. The van der Waals surface area contributed by atoms with Gasteiger partial charge in [-0.05, 0) is 50.1 Å². The molecule has 2 aliphatic rings. The summed E-state index contributed by atoms with van der Waals surface area (Å²) in [5, 5.41) is 6.70. The highest BCUT2D eigenvalue weighted by molar-refractivity contribution is 8.13. The van der Waals surface area contributed by atoms with E-state index in [1.54, 1.807) is 6.07 Å².